The van der Waals surface area contributed by atoms with Gasteiger partial charge in [-0.05, 0) is 68.1 Å². The van der Waals surface area contributed by atoms with Crippen LogP contribution in [0.4, 0.5) is 0 Å². The smallest absolute Gasteiger partial charge is 0.306 e. The minimum atomic E-state index is 0.00753. The molecule has 0 radical (unpaired) electrons. The van der Waals surface area contributed by atoms with Gasteiger partial charge < -0.3 is 4.74 Å². The van der Waals surface area contributed by atoms with Gasteiger partial charge in [0.25, 0.3) is 0 Å². The maximum Gasteiger partial charge on any atom is 0.306 e. The van der Waals surface area contributed by atoms with Gasteiger partial charge in [-0.2, -0.15) is 0 Å². The van der Waals surface area contributed by atoms with Crippen LogP contribution in [0, 0.1) is 28.6 Å². The molecule has 3 rings (SSSR count). The fourth-order valence-electron chi connectivity index (χ4n) is 5.60. The summed E-state index contributed by atoms with van der Waals surface area (Å²) in [4.78, 5) is 11.3. The molecule has 0 bridgehead atoms. The van der Waals surface area contributed by atoms with Gasteiger partial charge in [-0.1, -0.05) is 32.4 Å². The molecule has 1 aliphatic heterocycles. The predicted molar refractivity (Wildman–Crippen MR) is 89.4 cm³/mol. The van der Waals surface area contributed by atoms with Crippen molar-refractivity contribution in [1.82, 2.24) is 0 Å². The fraction of sp³-hybridized carbons (Fsp3) is 0.850. The largest absolute Gasteiger partial charge is 0.465 e. The summed E-state index contributed by atoms with van der Waals surface area (Å²) in [6.07, 6.45) is 10.8. The number of allylic oxidation sites excluding steroid dienone is 2. The molecule has 5 atom stereocenters. The van der Waals surface area contributed by atoms with Gasteiger partial charge in [0.05, 0.1) is 13.0 Å². The van der Waals surface area contributed by atoms with Gasteiger partial charge in [-0.25, -0.2) is 0 Å². The maximum absolute atomic E-state index is 11.3. The molecule has 0 unspecified atom stereocenters. The van der Waals surface area contributed by atoms with E-state index in [9.17, 15) is 4.79 Å². The molecule has 22 heavy (non-hydrogen) atoms. The predicted octanol–water partition coefficient (Wildman–Crippen LogP) is 5.13. The van der Waals surface area contributed by atoms with E-state index in [-0.39, 0.29) is 5.97 Å². The third-order valence-corrected chi connectivity index (χ3v) is 7.62. The van der Waals surface area contributed by atoms with Crippen molar-refractivity contribution in [3.05, 3.63) is 11.6 Å². The maximum atomic E-state index is 11.3. The van der Waals surface area contributed by atoms with Crippen molar-refractivity contribution >= 4 is 5.97 Å². The van der Waals surface area contributed by atoms with Crippen LogP contribution in [0.3, 0.4) is 0 Å². The molecule has 1 saturated heterocycles. The van der Waals surface area contributed by atoms with Crippen LogP contribution in [0.1, 0.15) is 72.6 Å². The van der Waals surface area contributed by atoms with Crippen molar-refractivity contribution in [3.63, 3.8) is 0 Å². The SMILES string of the molecule is CC1=CCC[C@H]2[C@@](C)(CC[C@H]3COC(=O)C3)[C@H](C)CC[C@@]12C. The van der Waals surface area contributed by atoms with Gasteiger partial charge in [0.2, 0.25) is 0 Å². The summed E-state index contributed by atoms with van der Waals surface area (Å²) >= 11 is 0. The summed E-state index contributed by atoms with van der Waals surface area (Å²) in [5.74, 6) is 2.05. The summed E-state index contributed by atoms with van der Waals surface area (Å²) in [7, 11) is 0. The number of hydrogen-bond donors (Lipinski definition) is 0. The van der Waals surface area contributed by atoms with Crippen molar-refractivity contribution in [2.45, 2.75) is 72.6 Å². The normalized spacial score (nSPS) is 45.2. The molecule has 124 valence electrons. The van der Waals surface area contributed by atoms with Crippen LogP contribution in [-0.4, -0.2) is 12.6 Å². The zero-order valence-electron chi connectivity index (χ0n) is 14.8. The highest BCUT2D eigenvalue weighted by Gasteiger charge is 2.53. The van der Waals surface area contributed by atoms with Crippen molar-refractivity contribution in [2.75, 3.05) is 6.61 Å². The molecule has 2 nitrogen and oxygen atoms in total. The molecule has 0 aromatic heterocycles. The highest BCUT2D eigenvalue weighted by molar-refractivity contribution is 5.71. The number of cyclic esters (lactones) is 1. The molecule has 0 aromatic carbocycles. The Labute approximate surface area is 135 Å². The number of carbonyl (C=O) groups is 1. The summed E-state index contributed by atoms with van der Waals surface area (Å²) in [6.45, 7) is 10.5. The highest BCUT2D eigenvalue weighted by atomic mass is 16.5. The first kappa shape index (κ1) is 16.1. The van der Waals surface area contributed by atoms with Gasteiger partial charge in [-0.3, -0.25) is 4.79 Å². The lowest BCUT2D eigenvalue weighted by molar-refractivity contribution is -0.137. The molecule has 0 amide bonds. The Morgan fingerprint density at radius 1 is 1.32 bits per heavy atom. The van der Waals surface area contributed by atoms with E-state index in [0.717, 1.165) is 18.3 Å². The first-order chi connectivity index (χ1) is 10.4. The Bertz CT molecular complexity index is 480. The Kier molecular flexibility index (Phi) is 4.16. The third kappa shape index (κ3) is 2.53. The van der Waals surface area contributed by atoms with Crippen molar-refractivity contribution < 1.29 is 9.53 Å². The van der Waals surface area contributed by atoms with Gasteiger partial charge >= 0.3 is 5.97 Å². The first-order valence-electron chi connectivity index (χ1n) is 9.19. The average Bonchev–Trinajstić information content (AvgIpc) is 2.90. The van der Waals surface area contributed by atoms with Gasteiger partial charge in [-0.15, -0.1) is 0 Å². The molecule has 1 saturated carbocycles. The lowest BCUT2D eigenvalue weighted by Gasteiger charge is -2.58. The average molecular weight is 304 g/mol. The Morgan fingerprint density at radius 2 is 2.09 bits per heavy atom. The van der Waals surface area contributed by atoms with E-state index in [0.29, 0.717) is 29.8 Å². The van der Waals surface area contributed by atoms with E-state index in [1.807, 2.05) is 0 Å². The van der Waals surface area contributed by atoms with Gasteiger partial charge in [0.15, 0.2) is 0 Å². The van der Waals surface area contributed by atoms with Crippen molar-refractivity contribution in [2.24, 2.45) is 28.6 Å². The van der Waals surface area contributed by atoms with Crippen LogP contribution in [0.5, 0.6) is 0 Å². The van der Waals surface area contributed by atoms with E-state index in [2.05, 4.69) is 33.8 Å². The summed E-state index contributed by atoms with van der Waals surface area (Å²) < 4.78 is 5.16. The van der Waals surface area contributed by atoms with E-state index in [4.69, 9.17) is 4.74 Å². The number of ether oxygens (including phenoxy) is 1. The first-order valence-corrected chi connectivity index (χ1v) is 9.19. The lowest BCUT2D eigenvalue weighted by atomic mass is 9.47. The van der Waals surface area contributed by atoms with E-state index < -0.39 is 0 Å². The molecule has 0 aromatic rings. The second-order valence-electron chi connectivity index (χ2n) is 8.67. The van der Waals surface area contributed by atoms with Crippen LogP contribution in [-0.2, 0) is 9.53 Å². The Morgan fingerprint density at radius 3 is 2.77 bits per heavy atom. The highest BCUT2D eigenvalue weighted by Crippen LogP contribution is 2.62. The van der Waals surface area contributed by atoms with E-state index in [1.54, 1.807) is 5.57 Å². The van der Waals surface area contributed by atoms with E-state index in [1.165, 1.54) is 32.1 Å². The molecular formula is C20H32O2. The van der Waals surface area contributed by atoms with Crippen molar-refractivity contribution in [3.8, 4) is 0 Å². The monoisotopic (exact) mass is 304 g/mol. The van der Waals surface area contributed by atoms with Crippen molar-refractivity contribution in [1.29, 1.82) is 0 Å². The minimum absolute atomic E-state index is 0.00753. The van der Waals surface area contributed by atoms with Crippen LogP contribution in [0.15, 0.2) is 11.6 Å². The molecule has 0 N–H and O–H groups in total. The van der Waals surface area contributed by atoms with Gasteiger partial charge in [0.1, 0.15) is 0 Å². The number of rotatable bonds is 3. The second kappa shape index (κ2) is 5.69. The Hall–Kier alpha value is -0.790. The summed E-state index contributed by atoms with van der Waals surface area (Å²) in [5, 5.41) is 0. The standard InChI is InChI=1S/C20H32O2/c1-14-6-5-7-17-19(14,3)10-8-15(2)20(17,4)11-9-16-12-18(21)22-13-16/h6,15-17H,5,7-13H2,1-4H3/t15-,16-,17-,19+,20+/m1/s1. The number of fused-ring (bicyclic) bond motifs is 1. The molecular weight excluding hydrogens is 272 g/mol. The number of esters is 1. The molecule has 2 aliphatic carbocycles. The quantitative estimate of drug-likeness (QED) is 0.534. The van der Waals surface area contributed by atoms with Crippen LogP contribution < -0.4 is 0 Å². The zero-order chi connectivity index (χ0) is 16.0. The zero-order valence-corrected chi connectivity index (χ0v) is 14.8. The third-order valence-electron chi connectivity index (χ3n) is 7.62. The topological polar surface area (TPSA) is 26.3 Å². The lowest BCUT2D eigenvalue weighted by Crippen LogP contribution is -2.49. The van der Waals surface area contributed by atoms with Crippen LogP contribution in [0.25, 0.3) is 0 Å². The molecule has 1 heterocycles. The fourth-order valence-corrected chi connectivity index (χ4v) is 5.60. The van der Waals surface area contributed by atoms with E-state index >= 15 is 0 Å². The molecule has 2 heteroatoms. The minimum Gasteiger partial charge on any atom is -0.465 e. The summed E-state index contributed by atoms with van der Waals surface area (Å²) in [5.41, 5.74) is 2.44. The van der Waals surface area contributed by atoms with Gasteiger partial charge in [0, 0.05) is 5.92 Å². The molecule has 3 aliphatic rings. The number of carbonyl (C=O) groups excluding carboxylic acids is 1. The number of hydrogen-bond acceptors (Lipinski definition) is 2. The second-order valence-corrected chi connectivity index (χ2v) is 8.67. The van der Waals surface area contributed by atoms with Crippen LogP contribution >= 0.6 is 0 Å². The summed E-state index contributed by atoms with van der Waals surface area (Å²) in [6, 6.07) is 0. The van der Waals surface area contributed by atoms with Crippen LogP contribution in [0.2, 0.25) is 0 Å². The molecule has 0 spiro atoms. The Balaban J connectivity index is 1.77. The molecule has 2 fully saturated rings.